The third kappa shape index (κ3) is 4.17. The molecule has 5 heteroatoms. The second-order valence-corrected chi connectivity index (χ2v) is 5.91. The van der Waals surface area contributed by atoms with Crippen LogP contribution in [0.4, 0.5) is 0 Å². The van der Waals surface area contributed by atoms with Crippen LogP contribution in [-0.2, 0) is 0 Å². The summed E-state index contributed by atoms with van der Waals surface area (Å²) in [4.78, 5) is 12.1. The second kappa shape index (κ2) is 8.13. The molecule has 2 heterocycles. The van der Waals surface area contributed by atoms with Gasteiger partial charge >= 0.3 is 0 Å². The molecular weight excluding hydrogens is 326 g/mol. The first kappa shape index (κ1) is 17.4. The lowest BCUT2D eigenvalue weighted by atomic mass is 9.99. The molecule has 5 nitrogen and oxygen atoms in total. The summed E-state index contributed by atoms with van der Waals surface area (Å²) in [6.07, 6.45) is 8.16. The quantitative estimate of drug-likeness (QED) is 0.664. The number of hydrogen-bond donors (Lipinski definition) is 0. The van der Waals surface area contributed by atoms with Crippen molar-refractivity contribution in [1.82, 2.24) is 15.0 Å². The van der Waals surface area contributed by atoms with Crippen LogP contribution in [0.3, 0.4) is 0 Å². The van der Waals surface area contributed by atoms with Crippen LogP contribution in [0.1, 0.15) is 36.5 Å². The van der Waals surface area contributed by atoms with Gasteiger partial charge in [-0.05, 0) is 24.1 Å². The highest BCUT2D eigenvalue weighted by Crippen LogP contribution is 2.35. The average Bonchev–Trinajstić information content (AvgIpc) is 2.67. The Hall–Kier alpha value is -3.39. The number of methoxy groups -OCH3 is 1. The van der Waals surface area contributed by atoms with Gasteiger partial charge in [-0.3, -0.25) is 4.98 Å². The van der Waals surface area contributed by atoms with E-state index in [1.165, 1.54) is 6.33 Å². The van der Waals surface area contributed by atoms with E-state index >= 15 is 0 Å². The summed E-state index contributed by atoms with van der Waals surface area (Å²) in [5.41, 5.74) is 2.60. The van der Waals surface area contributed by atoms with Gasteiger partial charge in [-0.25, -0.2) is 9.97 Å². The molecule has 0 saturated heterocycles. The summed E-state index contributed by atoms with van der Waals surface area (Å²) >= 11 is 0. The van der Waals surface area contributed by atoms with Crippen molar-refractivity contribution in [3.05, 3.63) is 72.1 Å². The molecular formula is C21H19N3O2. The van der Waals surface area contributed by atoms with Gasteiger partial charge in [0.15, 0.2) is 5.75 Å². The second-order valence-electron chi connectivity index (χ2n) is 5.91. The first-order valence-corrected chi connectivity index (χ1v) is 8.24. The average molecular weight is 345 g/mol. The van der Waals surface area contributed by atoms with Gasteiger partial charge in [-0.2, -0.15) is 0 Å². The smallest absolute Gasteiger partial charge is 0.164 e. The van der Waals surface area contributed by atoms with E-state index in [1.807, 2.05) is 24.3 Å². The fraction of sp³-hybridized carbons (Fsp3) is 0.190. The van der Waals surface area contributed by atoms with Gasteiger partial charge in [0.2, 0.25) is 0 Å². The first-order valence-electron chi connectivity index (χ1n) is 8.24. The van der Waals surface area contributed by atoms with E-state index in [9.17, 15) is 0 Å². The van der Waals surface area contributed by atoms with Crippen molar-refractivity contribution in [1.29, 1.82) is 0 Å². The summed E-state index contributed by atoms with van der Waals surface area (Å²) in [5, 5.41) is 0. The molecule has 0 bridgehead atoms. The molecule has 0 amide bonds. The zero-order valence-electron chi connectivity index (χ0n) is 14.9. The number of aromatic nitrogens is 3. The lowest BCUT2D eigenvalue weighted by Gasteiger charge is -2.16. The van der Waals surface area contributed by atoms with Gasteiger partial charge in [-0.1, -0.05) is 25.7 Å². The van der Waals surface area contributed by atoms with Crippen molar-refractivity contribution in [2.24, 2.45) is 0 Å². The zero-order valence-corrected chi connectivity index (χ0v) is 14.9. The SMILES string of the molecule is COc1cc(C(C)C)c(Oc2cncnc2)cc1C#Cc1cccnc1. The number of benzene rings is 1. The largest absolute Gasteiger partial charge is 0.495 e. The Kier molecular flexibility index (Phi) is 5.45. The molecule has 26 heavy (non-hydrogen) atoms. The van der Waals surface area contributed by atoms with Crippen LogP contribution >= 0.6 is 0 Å². The van der Waals surface area contributed by atoms with Crippen molar-refractivity contribution in [2.75, 3.05) is 7.11 Å². The predicted octanol–water partition coefficient (Wildman–Crippen LogP) is 4.20. The van der Waals surface area contributed by atoms with E-state index in [0.29, 0.717) is 17.2 Å². The summed E-state index contributed by atoms with van der Waals surface area (Å²) < 4.78 is 11.5. The Labute approximate surface area is 153 Å². The number of pyridine rings is 1. The Morgan fingerprint density at radius 3 is 2.42 bits per heavy atom. The molecule has 2 aromatic heterocycles. The van der Waals surface area contributed by atoms with Gasteiger partial charge in [0.05, 0.1) is 25.1 Å². The lowest BCUT2D eigenvalue weighted by molar-refractivity contribution is 0.409. The summed E-state index contributed by atoms with van der Waals surface area (Å²) in [6.45, 7) is 4.20. The minimum atomic E-state index is 0.254. The molecule has 0 saturated carbocycles. The molecule has 130 valence electrons. The molecule has 0 aliphatic carbocycles. The van der Waals surface area contributed by atoms with Crippen LogP contribution in [0.2, 0.25) is 0 Å². The maximum absolute atomic E-state index is 6.00. The predicted molar refractivity (Wildman–Crippen MR) is 99.4 cm³/mol. The Balaban J connectivity index is 2.04. The van der Waals surface area contributed by atoms with E-state index in [-0.39, 0.29) is 5.92 Å². The molecule has 0 aliphatic heterocycles. The summed E-state index contributed by atoms with van der Waals surface area (Å²) in [7, 11) is 1.64. The van der Waals surface area contributed by atoms with Crippen molar-refractivity contribution in [3.8, 4) is 29.1 Å². The number of rotatable bonds is 4. The molecule has 0 fully saturated rings. The molecule has 1 aromatic carbocycles. The Morgan fingerprint density at radius 2 is 1.77 bits per heavy atom. The van der Waals surface area contributed by atoms with Crippen LogP contribution in [0, 0.1) is 11.8 Å². The van der Waals surface area contributed by atoms with Gasteiger partial charge in [0, 0.05) is 29.6 Å². The van der Waals surface area contributed by atoms with Gasteiger partial charge in [0.1, 0.15) is 17.8 Å². The van der Waals surface area contributed by atoms with Crippen molar-refractivity contribution in [2.45, 2.75) is 19.8 Å². The molecule has 0 radical (unpaired) electrons. The fourth-order valence-corrected chi connectivity index (χ4v) is 2.42. The van der Waals surface area contributed by atoms with Crippen molar-refractivity contribution >= 4 is 0 Å². The minimum absolute atomic E-state index is 0.254. The number of ether oxygens (including phenoxy) is 2. The molecule has 0 aliphatic rings. The maximum Gasteiger partial charge on any atom is 0.164 e. The Morgan fingerprint density at radius 1 is 0.962 bits per heavy atom. The molecule has 0 atom stereocenters. The highest BCUT2D eigenvalue weighted by Gasteiger charge is 2.14. The van der Waals surface area contributed by atoms with Crippen LogP contribution in [0.15, 0.2) is 55.4 Å². The van der Waals surface area contributed by atoms with Crippen molar-refractivity contribution in [3.63, 3.8) is 0 Å². The van der Waals surface area contributed by atoms with E-state index in [0.717, 1.165) is 16.7 Å². The highest BCUT2D eigenvalue weighted by molar-refractivity contribution is 5.56. The maximum atomic E-state index is 6.00. The van der Waals surface area contributed by atoms with E-state index < -0.39 is 0 Å². The molecule has 3 rings (SSSR count). The Bertz CT molecular complexity index is 930. The van der Waals surface area contributed by atoms with Crippen LogP contribution < -0.4 is 9.47 Å². The van der Waals surface area contributed by atoms with E-state index in [1.54, 1.807) is 31.9 Å². The zero-order chi connectivity index (χ0) is 18.4. The third-order valence-electron chi connectivity index (χ3n) is 3.72. The van der Waals surface area contributed by atoms with Gasteiger partial charge < -0.3 is 9.47 Å². The first-order chi connectivity index (χ1) is 12.7. The molecule has 0 N–H and O–H groups in total. The lowest BCUT2D eigenvalue weighted by Crippen LogP contribution is -1.98. The standard InChI is InChI=1S/C21H19N3O2/c1-15(2)19-10-20(25-3)17(7-6-16-5-4-8-22-11-16)9-21(19)26-18-12-23-14-24-13-18/h4-5,8-15H,1-3H3. The molecule has 3 aromatic rings. The van der Waals surface area contributed by atoms with Crippen LogP contribution in [0.25, 0.3) is 0 Å². The molecule has 0 spiro atoms. The molecule has 0 unspecified atom stereocenters. The van der Waals surface area contributed by atoms with Crippen LogP contribution in [-0.4, -0.2) is 22.1 Å². The normalized spacial score (nSPS) is 10.2. The van der Waals surface area contributed by atoms with Crippen molar-refractivity contribution < 1.29 is 9.47 Å². The van der Waals surface area contributed by atoms with Gasteiger partial charge in [-0.15, -0.1) is 0 Å². The monoisotopic (exact) mass is 345 g/mol. The number of hydrogen-bond acceptors (Lipinski definition) is 5. The topological polar surface area (TPSA) is 57.1 Å². The van der Waals surface area contributed by atoms with Gasteiger partial charge in [0.25, 0.3) is 0 Å². The fourth-order valence-electron chi connectivity index (χ4n) is 2.42. The van der Waals surface area contributed by atoms with E-state index in [2.05, 4.69) is 40.6 Å². The third-order valence-corrected chi connectivity index (χ3v) is 3.72. The summed E-state index contributed by atoms with van der Waals surface area (Å²) in [5.74, 6) is 8.50. The number of nitrogens with zero attached hydrogens (tertiary/aromatic N) is 3. The van der Waals surface area contributed by atoms with E-state index in [4.69, 9.17) is 9.47 Å². The minimum Gasteiger partial charge on any atom is -0.495 e. The summed E-state index contributed by atoms with van der Waals surface area (Å²) in [6, 6.07) is 7.63. The van der Waals surface area contributed by atoms with Crippen LogP contribution in [0.5, 0.6) is 17.2 Å². The highest BCUT2D eigenvalue weighted by atomic mass is 16.5.